The first-order valence-corrected chi connectivity index (χ1v) is 19.9. The maximum absolute atomic E-state index is 2.45. The minimum absolute atomic E-state index is 1.10. The van der Waals surface area contributed by atoms with Crippen LogP contribution in [0, 0.1) is 0 Å². The van der Waals surface area contributed by atoms with Crippen molar-refractivity contribution in [1.82, 2.24) is 9.13 Å². The number of anilines is 3. The molecule has 56 heavy (non-hydrogen) atoms. The molecule has 0 amide bonds. The molecule has 4 heteroatoms. The Balaban J connectivity index is 1.10. The summed E-state index contributed by atoms with van der Waals surface area (Å²) in [6, 6.07) is 73.2. The predicted octanol–water partition coefficient (Wildman–Crippen LogP) is 14.9. The van der Waals surface area contributed by atoms with Gasteiger partial charge in [0.2, 0.25) is 0 Å². The molecule has 0 aliphatic rings. The Bertz CT molecular complexity index is 3480. The number of para-hydroxylation sites is 3. The highest BCUT2D eigenvalue weighted by Gasteiger charge is 2.21. The van der Waals surface area contributed by atoms with Crippen LogP contribution in [0.15, 0.2) is 200 Å². The first-order chi connectivity index (χ1) is 27.8. The van der Waals surface area contributed by atoms with Crippen molar-refractivity contribution in [3.8, 4) is 11.4 Å². The molecule has 0 bridgehead atoms. The van der Waals surface area contributed by atoms with Crippen molar-refractivity contribution in [2.75, 3.05) is 4.90 Å². The summed E-state index contributed by atoms with van der Waals surface area (Å²) in [6.45, 7) is 0. The molecule has 0 atom stereocenters. The van der Waals surface area contributed by atoms with Gasteiger partial charge in [-0.15, -0.1) is 11.3 Å². The number of hydrogen-bond donors (Lipinski definition) is 0. The molecule has 262 valence electrons. The number of aromatic nitrogens is 2. The van der Waals surface area contributed by atoms with E-state index in [0.717, 1.165) is 22.7 Å². The Morgan fingerprint density at radius 2 is 0.964 bits per heavy atom. The lowest BCUT2D eigenvalue weighted by Crippen LogP contribution is -2.10. The number of nitrogens with zero attached hydrogens (tertiary/aromatic N) is 3. The zero-order valence-corrected chi connectivity index (χ0v) is 31.1. The van der Waals surface area contributed by atoms with Crippen LogP contribution in [0.4, 0.5) is 17.1 Å². The van der Waals surface area contributed by atoms with E-state index in [4.69, 9.17) is 0 Å². The SMILES string of the molecule is c1ccc(-n2c3ccccc3c3ccc(N(c4ccc(-n5c6ccccc6c6c7ccccc7ccc65)cc4)c4cccc5c4sc4ccccc45)cc32)cc1. The van der Waals surface area contributed by atoms with Crippen molar-refractivity contribution >= 4 is 103 Å². The summed E-state index contributed by atoms with van der Waals surface area (Å²) in [7, 11) is 0. The summed E-state index contributed by atoms with van der Waals surface area (Å²) in [5.41, 5.74) is 10.5. The molecule has 12 rings (SSSR count). The highest BCUT2D eigenvalue weighted by molar-refractivity contribution is 7.26. The van der Waals surface area contributed by atoms with Crippen LogP contribution in [0.5, 0.6) is 0 Å². The van der Waals surface area contributed by atoms with Gasteiger partial charge in [-0.3, -0.25) is 0 Å². The summed E-state index contributed by atoms with van der Waals surface area (Å²) in [5.74, 6) is 0. The normalized spacial score (nSPS) is 11.9. The molecule has 0 fully saturated rings. The average Bonchev–Trinajstić information content (AvgIpc) is 3.93. The number of rotatable bonds is 5. The van der Waals surface area contributed by atoms with Crippen LogP contribution < -0.4 is 4.90 Å². The third kappa shape index (κ3) is 4.57. The quantitative estimate of drug-likeness (QED) is 0.172. The van der Waals surface area contributed by atoms with Gasteiger partial charge in [0, 0.05) is 59.8 Å². The third-order valence-corrected chi connectivity index (χ3v) is 12.7. The van der Waals surface area contributed by atoms with Crippen LogP contribution >= 0.6 is 11.3 Å². The van der Waals surface area contributed by atoms with E-state index in [1.54, 1.807) is 0 Å². The second kappa shape index (κ2) is 12.2. The van der Waals surface area contributed by atoms with Crippen LogP contribution in [0.2, 0.25) is 0 Å². The van der Waals surface area contributed by atoms with Gasteiger partial charge < -0.3 is 14.0 Å². The van der Waals surface area contributed by atoms with Crippen molar-refractivity contribution < 1.29 is 0 Å². The topological polar surface area (TPSA) is 13.1 Å². The van der Waals surface area contributed by atoms with Gasteiger partial charge in [0.1, 0.15) is 0 Å². The Morgan fingerprint density at radius 3 is 1.80 bits per heavy atom. The Kier molecular flexibility index (Phi) is 6.80. The molecule has 0 saturated heterocycles. The first-order valence-electron chi connectivity index (χ1n) is 19.1. The van der Waals surface area contributed by atoms with Crippen molar-refractivity contribution in [2.24, 2.45) is 0 Å². The maximum atomic E-state index is 2.45. The smallest absolute Gasteiger partial charge is 0.0640 e. The van der Waals surface area contributed by atoms with Crippen molar-refractivity contribution in [1.29, 1.82) is 0 Å². The van der Waals surface area contributed by atoms with E-state index in [1.807, 2.05) is 11.3 Å². The maximum Gasteiger partial charge on any atom is 0.0640 e. The molecule has 3 aromatic heterocycles. The number of thiophene rings is 1. The second-order valence-electron chi connectivity index (χ2n) is 14.5. The van der Waals surface area contributed by atoms with E-state index in [2.05, 4.69) is 214 Å². The fourth-order valence-corrected chi connectivity index (χ4v) is 10.3. The van der Waals surface area contributed by atoms with E-state index in [1.165, 1.54) is 80.2 Å². The van der Waals surface area contributed by atoms with E-state index in [9.17, 15) is 0 Å². The molecule has 0 radical (unpaired) electrons. The zero-order valence-electron chi connectivity index (χ0n) is 30.3. The number of benzene rings is 9. The molecule has 9 aromatic carbocycles. The first kappa shape index (κ1) is 31.2. The molecule has 3 heterocycles. The molecule has 0 aliphatic heterocycles. The van der Waals surface area contributed by atoms with Crippen molar-refractivity contribution in [3.05, 3.63) is 200 Å². The van der Waals surface area contributed by atoms with Gasteiger partial charge in [-0.05, 0) is 89.6 Å². The van der Waals surface area contributed by atoms with Gasteiger partial charge in [0.15, 0.2) is 0 Å². The lowest BCUT2D eigenvalue weighted by molar-refractivity contribution is 1.17. The Labute approximate surface area is 327 Å². The molecular formula is C52H33N3S. The largest absolute Gasteiger partial charge is 0.309 e. The molecule has 0 saturated carbocycles. The van der Waals surface area contributed by atoms with Crippen molar-refractivity contribution in [3.63, 3.8) is 0 Å². The van der Waals surface area contributed by atoms with E-state index >= 15 is 0 Å². The van der Waals surface area contributed by atoms with E-state index < -0.39 is 0 Å². The van der Waals surface area contributed by atoms with Gasteiger partial charge in [0.25, 0.3) is 0 Å². The molecule has 0 aliphatic carbocycles. The van der Waals surface area contributed by atoms with Crippen LogP contribution in [0.25, 0.3) is 85.9 Å². The van der Waals surface area contributed by atoms with Crippen molar-refractivity contribution in [2.45, 2.75) is 0 Å². The average molecular weight is 732 g/mol. The summed E-state index contributed by atoms with van der Waals surface area (Å²) in [5, 5.41) is 10.2. The lowest BCUT2D eigenvalue weighted by atomic mass is 10.0. The summed E-state index contributed by atoms with van der Waals surface area (Å²) < 4.78 is 7.39. The molecule has 0 N–H and O–H groups in total. The van der Waals surface area contributed by atoms with Crippen LogP contribution in [-0.4, -0.2) is 9.13 Å². The van der Waals surface area contributed by atoms with Gasteiger partial charge in [0.05, 0.1) is 32.5 Å². The van der Waals surface area contributed by atoms with Gasteiger partial charge in [-0.1, -0.05) is 121 Å². The molecular weight excluding hydrogens is 699 g/mol. The second-order valence-corrected chi connectivity index (χ2v) is 15.6. The minimum Gasteiger partial charge on any atom is -0.309 e. The summed E-state index contributed by atoms with van der Waals surface area (Å²) in [6.07, 6.45) is 0. The van der Waals surface area contributed by atoms with Crippen LogP contribution in [0.3, 0.4) is 0 Å². The lowest BCUT2D eigenvalue weighted by Gasteiger charge is -2.27. The number of fused-ring (bicyclic) bond motifs is 11. The fourth-order valence-electron chi connectivity index (χ4n) is 9.06. The molecule has 0 spiro atoms. The molecule has 0 unspecified atom stereocenters. The number of hydrogen-bond acceptors (Lipinski definition) is 2. The minimum atomic E-state index is 1.10. The van der Waals surface area contributed by atoms with Gasteiger partial charge >= 0.3 is 0 Å². The Morgan fingerprint density at radius 1 is 0.357 bits per heavy atom. The fraction of sp³-hybridized carbons (Fsp3) is 0. The zero-order chi connectivity index (χ0) is 36.7. The van der Waals surface area contributed by atoms with E-state index in [-0.39, 0.29) is 0 Å². The van der Waals surface area contributed by atoms with Gasteiger partial charge in [-0.25, -0.2) is 0 Å². The van der Waals surface area contributed by atoms with Crippen LogP contribution in [-0.2, 0) is 0 Å². The molecule has 12 aromatic rings. The summed E-state index contributed by atoms with van der Waals surface area (Å²) >= 11 is 1.87. The molecule has 3 nitrogen and oxygen atoms in total. The summed E-state index contributed by atoms with van der Waals surface area (Å²) in [4.78, 5) is 2.45. The standard InChI is InChI=1S/C52H33N3S/c1-2-14-35(15-3-1)55-45-21-9-6-17-40(45)41-31-30-38(33-49(41)55)53(48-23-12-20-43-42-18-8-11-24-50(42)56-52(43)48)36-26-28-37(29-27-36)54-46-22-10-7-19-44(46)51-39-16-5-4-13-34(39)25-32-47(51)54/h1-33H. The van der Waals surface area contributed by atoms with Crippen LogP contribution in [0.1, 0.15) is 0 Å². The highest BCUT2D eigenvalue weighted by Crippen LogP contribution is 2.46. The van der Waals surface area contributed by atoms with Gasteiger partial charge in [-0.2, -0.15) is 0 Å². The third-order valence-electron chi connectivity index (χ3n) is 11.5. The van der Waals surface area contributed by atoms with E-state index in [0.29, 0.717) is 0 Å². The Hall–Kier alpha value is -7.14. The highest BCUT2D eigenvalue weighted by atomic mass is 32.1. The monoisotopic (exact) mass is 731 g/mol. The predicted molar refractivity (Wildman–Crippen MR) is 240 cm³/mol.